The van der Waals surface area contributed by atoms with Gasteiger partial charge in [-0.2, -0.15) is 0 Å². The van der Waals surface area contributed by atoms with Gasteiger partial charge in [-0.1, -0.05) is 54.1 Å². The summed E-state index contributed by atoms with van der Waals surface area (Å²) in [5, 5.41) is 1.49. The van der Waals surface area contributed by atoms with Crippen LogP contribution in [0.25, 0.3) is 32.6 Å². The minimum Gasteiger partial charge on any atom is -0.497 e. The molecule has 7 heteroatoms. The number of methoxy groups -OCH3 is 1. The first-order chi connectivity index (χ1) is 16.5. The highest BCUT2D eigenvalue weighted by atomic mass is 35.5. The van der Waals surface area contributed by atoms with Crippen LogP contribution in [0.4, 0.5) is 5.69 Å². The van der Waals surface area contributed by atoms with E-state index < -0.39 is 10.8 Å². The minimum absolute atomic E-state index is 0.361. The molecule has 0 aliphatic carbocycles. The second-order valence-electron chi connectivity index (χ2n) is 7.75. The maximum atomic E-state index is 13.3. The number of pyridine rings is 1. The number of hydrogen-bond donors (Lipinski definition) is 1. The van der Waals surface area contributed by atoms with Gasteiger partial charge in [-0.15, -0.1) is 11.3 Å². The van der Waals surface area contributed by atoms with Crippen LogP contribution in [0, 0.1) is 0 Å². The molecule has 0 spiro atoms. The molecule has 2 heterocycles. The summed E-state index contributed by atoms with van der Waals surface area (Å²) >= 11 is 7.39. The number of benzene rings is 3. The average molecular weight is 505 g/mol. The van der Waals surface area contributed by atoms with E-state index in [-0.39, 0.29) is 0 Å². The third-order valence-electron chi connectivity index (χ3n) is 5.55. The maximum Gasteiger partial charge on any atom is 0.127 e. The summed E-state index contributed by atoms with van der Waals surface area (Å²) in [5.41, 5.74) is 11.9. The number of rotatable bonds is 6. The van der Waals surface area contributed by atoms with Crippen LogP contribution in [-0.2, 0) is 16.6 Å². The predicted octanol–water partition coefficient (Wildman–Crippen LogP) is 7.18. The second kappa shape index (κ2) is 9.58. The van der Waals surface area contributed by atoms with Crippen molar-refractivity contribution in [2.45, 2.75) is 9.96 Å². The van der Waals surface area contributed by atoms with E-state index in [2.05, 4.69) is 6.07 Å². The Bertz CT molecular complexity index is 1480. The lowest BCUT2D eigenvalue weighted by molar-refractivity contribution is 0.415. The summed E-state index contributed by atoms with van der Waals surface area (Å²) in [6.07, 6.45) is 0. The number of nitrogens with zero attached hydrogens (tertiary/aromatic N) is 1. The summed E-state index contributed by atoms with van der Waals surface area (Å²) in [5.74, 6) is 1.15. The van der Waals surface area contributed by atoms with Crippen molar-refractivity contribution in [2.75, 3.05) is 12.8 Å². The quantitative estimate of drug-likeness (QED) is 0.266. The van der Waals surface area contributed by atoms with E-state index in [9.17, 15) is 4.21 Å². The molecular formula is C27H21ClN2O2S2. The molecule has 0 saturated heterocycles. The number of hydrogen-bond acceptors (Lipinski definition) is 5. The Morgan fingerprint density at radius 2 is 1.68 bits per heavy atom. The number of nitrogen functional groups attached to an aromatic ring is 1. The van der Waals surface area contributed by atoms with Crippen molar-refractivity contribution in [1.29, 1.82) is 0 Å². The Morgan fingerprint density at radius 3 is 2.35 bits per heavy atom. The summed E-state index contributed by atoms with van der Waals surface area (Å²) in [6, 6.07) is 27.3. The van der Waals surface area contributed by atoms with Crippen molar-refractivity contribution >= 4 is 49.6 Å². The van der Waals surface area contributed by atoms with Gasteiger partial charge in [-0.25, -0.2) is 4.98 Å². The van der Waals surface area contributed by atoms with Gasteiger partial charge in [-0.3, -0.25) is 4.21 Å². The topological polar surface area (TPSA) is 65.2 Å². The first-order valence-electron chi connectivity index (χ1n) is 10.6. The van der Waals surface area contributed by atoms with Gasteiger partial charge in [0.1, 0.15) is 14.8 Å². The molecule has 0 aliphatic heterocycles. The molecule has 3 aromatic carbocycles. The molecule has 4 nitrogen and oxygen atoms in total. The molecule has 2 N–H and O–H groups in total. The van der Waals surface area contributed by atoms with Crippen LogP contribution in [-0.4, -0.2) is 16.3 Å². The molecule has 0 bridgehead atoms. The molecule has 0 amide bonds. The van der Waals surface area contributed by atoms with Crippen LogP contribution in [0.1, 0.15) is 5.56 Å². The molecule has 0 fully saturated rings. The lowest BCUT2D eigenvalue weighted by Crippen LogP contribution is -1.98. The zero-order chi connectivity index (χ0) is 23.7. The number of aromatic nitrogens is 1. The van der Waals surface area contributed by atoms with E-state index in [1.54, 1.807) is 19.2 Å². The molecule has 5 aromatic rings. The van der Waals surface area contributed by atoms with Crippen molar-refractivity contribution < 1.29 is 8.95 Å². The Labute approximate surface area is 209 Å². The van der Waals surface area contributed by atoms with Crippen LogP contribution in [0.15, 0.2) is 89.1 Å². The first kappa shape index (κ1) is 22.6. The maximum absolute atomic E-state index is 13.3. The largest absolute Gasteiger partial charge is 0.497 e. The number of ether oxygens (including phenoxy) is 1. The number of fused-ring (bicyclic) bond motifs is 1. The van der Waals surface area contributed by atoms with Gasteiger partial charge < -0.3 is 10.5 Å². The highest BCUT2D eigenvalue weighted by Gasteiger charge is 2.21. The number of thiophene rings is 1. The Morgan fingerprint density at radius 1 is 0.971 bits per heavy atom. The summed E-state index contributed by atoms with van der Waals surface area (Å²) in [6.45, 7) is 0. The number of halogens is 1. The summed E-state index contributed by atoms with van der Waals surface area (Å²) < 4.78 is 19.3. The fraction of sp³-hybridized carbons (Fsp3) is 0.0741. The van der Waals surface area contributed by atoms with Gasteiger partial charge in [0.15, 0.2) is 0 Å². The van der Waals surface area contributed by atoms with Gasteiger partial charge in [0.05, 0.1) is 35.0 Å². The summed E-state index contributed by atoms with van der Waals surface area (Å²) in [4.78, 5) is 5.68. The molecule has 1 unspecified atom stereocenters. The minimum atomic E-state index is -1.31. The van der Waals surface area contributed by atoms with Gasteiger partial charge in [0, 0.05) is 16.0 Å². The van der Waals surface area contributed by atoms with Crippen molar-refractivity contribution in [2.24, 2.45) is 0 Å². The Hall–Kier alpha value is -3.19. The zero-order valence-electron chi connectivity index (χ0n) is 18.3. The van der Waals surface area contributed by atoms with E-state index in [4.69, 9.17) is 27.1 Å². The average Bonchev–Trinajstić information content (AvgIpc) is 3.22. The van der Waals surface area contributed by atoms with E-state index in [0.29, 0.717) is 20.7 Å². The monoisotopic (exact) mass is 504 g/mol. The molecule has 170 valence electrons. The predicted molar refractivity (Wildman–Crippen MR) is 143 cm³/mol. The Balaban J connectivity index is 1.64. The smallest absolute Gasteiger partial charge is 0.127 e. The van der Waals surface area contributed by atoms with E-state index in [0.717, 1.165) is 43.9 Å². The van der Waals surface area contributed by atoms with E-state index >= 15 is 0 Å². The van der Waals surface area contributed by atoms with Gasteiger partial charge >= 0.3 is 0 Å². The second-order valence-corrected chi connectivity index (χ2v) is 10.8. The van der Waals surface area contributed by atoms with Crippen LogP contribution in [0.5, 0.6) is 5.75 Å². The first-order valence-corrected chi connectivity index (χ1v) is 13.1. The molecule has 34 heavy (non-hydrogen) atoms. The van der Waals surface area contributed by atoms with Crippen molar-refractivity contribution in [3.63, 3.8) is 0 Å². The van der Waals surface area contributed by atoms with Gasteiger partial charge in [0.25, 0.3) is 0 Å². The van der Waals surface area contributed by atoms with E-state index in [1.165, 1.54) is 11.3 Å². The molecule has 0 saturated carbocycles. The third kappa shape index (κ3) is 4.44. The SMILES string of the molecule is COc1ccc(-c2cc(-c3ccccc3)c3c(N)c(S(=O)Cc4ccc(Cl)cc4)sc3n2)cc1. The van der Waals surface area contributed by atoms with E-state index in [1.807, 2.05) is 66.7 Å². The molecule has 0 aliphatic rings. The van der Waals surface area contributed by atoms with Crippen LogP contribution in [0.2, 0.25) is 5.02 Å². The normalized spacial score (nSPS) is 12.1. The summed E-state index contributed by atoms with van der Waals surface area (Å²) in [7, 11) is 0.334. The highest BCUT2D eigenvalue weighted by Crippen LogP contribution is 2.43. The molecule has 1 atom stereocenters. The number of nitrogens with two attached hydrogens (primary N) is 1. The van der Waals surface area contributed by atoms with Crippen molar-refractivity contribution in [1.82, 2.24) is 4.98 Å². The fourth-order valence-corrected chi connectivity index (χ4v) is 6.56. The standard InChI is InChI=1S/C27H21ClN2O2S2/c1-32-21-13-9-19(10-14-21)23-15-22(18-5-3-2-4-6-18)24-25(29)27(33-26(24)30-23)34(31)16-17-7-11-20(28)12-8-17/h2-15H,16,29H2,1H3. The van der Waals surface area contributed by atoms with Crippen LogP contribution >= 0.6 is 22.9 Å². The highest BCUT2D eigenvalue weighted by molar-refractivity contribution is 7.87. The van der Waals surface area contributed by atoms with Crippen LogP contribution < -0.4 is 10.5 Å². The lowest BCUT2D eigenvalue weighted by Gasteiger charge is -2.09. The molecular weight excluding hydrogens is 484 g/mol. The molecule has 2 aromatic heterocycles. The number of anilines is 1. The molecule has 0 radical (unpaired) electrons. The molecule has 5 rings (SSSR count). The zero-order valence-corrected chi connectivity index (χ0v) is 20.7. The van der Waals surface area contributed by atoms with Crippen molar-refractivity contribution in [3.05, 3.63) is 95.5 Å². The van der Waals surface area contributed by atoms with Gasteiger partial charge in [0.2, 0.25) is 0 Å². The lowest BCUT2D eigenvalue weighted by atomic mass is 10.00. The third-order valence-corrected chi connectivity index (χ3v) is 8.74. The van der Waals surface area contributed by atoms with Crippen LogP contribution in [0.3, 0.4) is 0 Å². The fourth-order valence-electron chi connectivity index (χ4n) is 3.82. The Kier molecular flexibility index (Phi) is 6.37. The van der Waals surface area contributed by atoms with Gasteiger partial charge in [-0.05, 0) is 59.2 Å². The van der Waals surface area contributed by atoms with Crippen molar-refractivity contribution in [3.8, 4) is 28.1 Å².